The summed E-state index contributed by atoms with van der Waals surface area (Å²) >= 11 is 0. The SMILES string of the molecule is N#Cc1c(C(F)F)[nH]cc(C=O)c1=O. The Labute approximate surface area is 76.8 Å². The summed E-state index contributed by atoms with van der Waals surface area (Å²) in [5, 5.41) is 8.45. The van der Waals surface area contributed by atoms with E-state index in [4.69, 9.17) is 5.26 Å². The van der Waals surface area contributed by atoms with Gasteiger partial charge in [-0.2, -0.15) is 5.26 Å². The van der Waals surface area contributed by atoms with Crippen LogP contribution >= 0.6 is 0 Å². The van der Waals surface area contributed by atoms with Crippen molar-refractivity contribution in [3.8, 4) is 6.07 Å². The molecule has 1 heterocycles. The van der Waals surface area contributed by atoms with Crippen LogP contribution in [-0.2, 0) is 0 Å². The van der Waals surface area contributed by atoms with Crippen molar-refractivity contribution < 1.29 is 13.6 Å². The maximum atomic E-state index is 12.2. The van der Waals surface area contributed by atoms with Crippen LogP contribution in [-0.4, -0.2) is 11.3 Å². The van der Waals surface area contributed by atoms with Gasteiger partial charge in [0.1, 0.15) is 17.3 Å². The molecule has 14 heavy (non-hydrogen) atoms. The second-order valence-corrected chi connectivity index (χ2v) is 2.39. The summed E-state index contributed by atoms with van der Waals surface area (Å²) in [7, 11) is 0. The number of alkyl halides is 2. The predicted molar refractivity (Wildman–Crippen MR) is 42.1 cm³/mol. The van der Waals surface area contributed by atoms with Gasteiger partial charge in [-0.05, 0) is 0 Å². The molecule has 0 amide bonds. The van der Waals surface area contributed by atoms with Gasteiger partial charge < -0.3 is 4.98 Å². The minimum atomic E-state index is -2.95. The zero-order valence-electron chi connectivity index (χ0n) is 6.75. The lowest BCUT2D eigenvalue weighted by Gasteiger charge is -2.01. The van der Waals surface area contributed by atoms with Gasteiger partial charge >= 0.3 is 0 Å². The van der Waals surface area contributed by atoms with Crippen LogP contribution < -0.4 is 5.43 Å². The molecule has 0 radical (unpaired) electrons. The average Bonchev–Trinajstić information content (AvgIpc) is 2.17. The van der Waals surface area contributed by atoms with Crippen molar-refractivity contribution in [1.82, 2.24) is 4.98 Å². The Morgan fingerprint density at radius 3 is 2.64 bits per heavy atom. The zero-order valence-corrected chi connectivity index (χ0v) is 6.75. The van der Waals surface area contributed by atoms with Gasteiger partial charge in [0.05, 0.1) is 5.56 Å². The van der Waals surface area contributed by atoms with Crippen LogP contribution in [0.3, 0.4) is 0 Å². The van der Waals surface area contributed by atoms with Crippen LogP contribution in [0.4, 0.5) is 8.78 Å². The first-order chi connectivity index (χ1) is 6.61. The van der Waals surface area contributed by atoms with Gasteiger partial charge in [-0.15, -0.1) is 0 Å². The highest BCUT2D eigenvalue weighted by Gasteiger charge is 2.17. The van der Waals surface area contributed by atoms with E-state index in [1.807, 2.05) is 4.98 Å². The van der Waals surface area contributed by atoms with E-state index in [0.29, 0.717) is 0 Å². The van der Waals surface area contributed by atoms with E-state index < -0.39 is 23.1 Å². The molecule has 1 aromatic rings. The second kappa shape index (κ2) is 3.79. The molecule has 0 spiro atoms. The van der Waals surface area contributed by atoms with Gasteiger partial charge in [0, 0.05) is 6.20 Å². The Balaban J connectivity index is 3.54. The third-order valence-corrected chi connectivity index (χ3v) is 1.60. The van der Waals surface area contributed by atoms with Crippen molar-refractivity contribution in [3.05, 3.63) is 33.2 Å². The largest absolute Gasteiger partial charge is 0.358 e. The topological polar surface area (TPSA) is 73.7 Å². The number of halogens is 2. The van der Waals surface area contributed by atoms with Crippen LogP contribution in [0.15, 0.2) is 11.0 Å². The molecular weight excluding hydrogens is 194 g/mol. The lowest BCUT2D eigenvalue weighted by molar-refractivity contribution is 0.112. The van der Waals surface area contributed by atoms with Gasteiger partial charge in [-0.25, -0.2) is 8.78 Å². The number of aromatic nitrogens is 1. The maximum Gasteiger partial charge on any atom is 0.279 e. The average molecular weight is 198 g/mol. The van der Waals surface area contributed by atoms with Gasteiger partial charge in [0.15, 0.2) is 6.29 Å². The number of nitrogens with one attached hydrogen (secondary N) is 1. The Morgan fingerprint density at radius 2 is 2.21 bits per heavy atom. The van der Waals surface area contributed by atoms with Crippen LogP contribution in [0.5, 0.6) is 0 Å². The van der Waals surface area contributed by atoms with E-state index in [9.17, 15) is 18.4 Å². The predicted octanol–water partition coefficient (Wildman–Crippen LogP) is 0.997. The molecule has 0 unspecified atom stereocenters. The Hall–Kier alpha value is -2.03. The smallest absolute Gasteiger partial charge is 0.279 e. The summed E-state index contributed by atoms with van der Waals surface area (Å²) in [6.07, 6.45) is -1.88. The highest BCUT2D eigenvalue weighted by atomic mass is 19.3. The number of rotatable bonds is 2. The Kier molecular flexibility index (Phi) is 2.72. The normalized spacial score (nSPS) is 9.86. The molecule has 0 saturated heterocycles. The number of nitriles is 1. The fourth-order valence-corrected chi connectivity index (χ4v) is 0.931. The number of hydrogen-bond donors (Lipinski definition) is 1. The van der Waals surface area contributed by atoms with Gasteiger partial charge in [0.2, 0.25) is 5.43 Å². The molecule has 4 nitrogen and oxygen atoms in total. The first-order valence-electron chi connectivity index (χ1n) is 3.50. The molecule has 0 aliphatic carbocycles. The van der Waals surface area contributed by atoms with Gasteiger partial charge in [-0.1, -0.05) is 0 Å². The highest BCUT2D eigenvalue weighted by Crippen LogP contribution is 2.17. The number of aldehydes is 1. The molecule has 0 fully saturated rings. The molecule has 1 aromatic heterocycles. The molecule has 0 bridgehead atoms. The summed E-state index contributed by atoms with van der Waals surface area (Å²) in [5.41, 5.74) is -2.80. The zero-order chi connectivity index (χ0) is 10.7. The van der Waals surface area contributed by atoms with Crippen molar-refractivity contribution in [2.24, 2.45) is 0 Å². The number of H-pyrrole nitrogens is 1. The number of carbonyl (C=O) groups excluding carboxylic acids is 1. The summed E-state index contributed by atoms with van der Waals surface area (Å²) in [4.78, 5) is 23.5. The minimum Gasteiger partial charge on any atom is -0.358 e. The molecule has 1 rings (SSSR count). The molecule has 0 atom stereocenters. The Morgan fingerprint density at radius 1 is 1.57 bits per heavy atom. The molecular formula is C8H4F2N2O2. The molecule has 72 valence electrons. The van der Waals surface area contributed by atoms with Crippen molar-refractivity contribution in [1.29, 1.82) is 5.26 Å². The standard InChI is InChI=1S/C8H4F2N2O2/c9-8(10)6-5(1-11)7(14)4(3-13)2-12-6/h2-3,8H,(H,12,14). The van der Waals surface area contributed by atoms with Gasteiger partial charge in [0.25, 0.3) is 6.43 Å². The van der Waals surface area contributed by atoms with E-state index in [0.717, 1.165) is 6.20 Å². The third-order valence-electron chi connectivity index (χ3n) is 1.60. The molecule has 0 saturated carbocycles. The summed E-state index contributed by atoms with van der Waals surface area (Å²) in [6, 6.07) is 1.34. The third kappa shape index (κ3) is 1.52. The van der Waals surface area contributed by atoms with E-state index in [2.05, 4.69) is 0 Å². The van der Waals surface area contributed by atoms with Crippen molar-refractivity contribution in [2.45, 2.75) is 6.43 Å². The number of carbonyl (C=O) groups is 1. The Bertz CT molecular complexity index is 459. The fraction of sp³-hybridized carbons (Fsp3) is 0.125. The minimum absolute atomic E-state index is 0.203. The van der Waals surface area contributed by atoms with E-state index >= 15 is 0 Å². The molecule has 6 heteroatoms. The molecule has 1 N–H and O–H groups in total. The van der Waals surface area contributed by atoms with E-state index in [-0.39, 0.29) is 11.8 Å². The first-order valence-corrected chi connectivity index (χ1v) is 3.50. The summed E-state index contributed by atoms with van der Waals surface area (Å²) in [5.74, 6) is 0. The fourth-order valence-electron chi connectivity index (χ4n) is 0.931. The maximum absolute atomic E-state index is 12.2. The lowest BCUT2D eigenvalue weighted by Crippen LogP contribution is -2.16. The second-order valence-electron chi connectivity index (χ2n) is 2.39. The number of hydrogen-bond acceptors (Lipinski definition) is 3. The number of pyridine rings is 1. The summed E-state index contributed by atoms with van der Waals surface area (Å²) in [6.45, 7) is 0. The van der Waals surface area contributed by atoms with Crippen LogP contribution in [0.1, 0.15) is 28.0 Å². The van der Waals surface area contributed by atoms with Crippen molar-refractivity contribution in [2.75, 3.05) is 0 Å². The number of nitrogens with zero attached hydrogens (tertiary/aromatic N) is 1. The number of aromatic amines is 1. The quantitative estimate of drug-likeness (QED) is 0.720. The van der Waals surface area contributed by atoms with Crippen molar-refractivity contribution >= 4 is 6.29 Å². The van der Waals surface area contributed by atoms with E-state index in [1.165, 1.54) is 6.07 Å². The molecule has 0 aliphatic heterocycles. The van der Waals surface area contributed by atoms with Gasteiger partial charge in [-0.3, -0.25) is 9.59 Å². The first kappa shape index (κ1) is 10.1. The van der Waals surface area contributed by atoms with Crippen LogP contribution in [0.2, 0.25) is 0 Å². The summed E-state index contributed by atoms with van der Waals surface area (Å²) < 4.78 is 24.4. The monoisotopic (exact) mass is 198 g/mol. The van der Waals surface area contributed by atoms with Crippen LogP contribution in [0.25, 0.3) is 0 Å². The molecule has 0 aromatic carbocycles. The molecule has 0 aliphatic rings. The van der Waals surface area contributed by atoms with E-state index in [1.54, 1.807) is 0 Å². The lowest BCUT2D eigenvalue weighted by atomic mass is 10.1. The van der Waals surface area contributed by atoms with Crippen LogP contribution in [0, 0.1) is 11.3 Å². The van der Waals surface area contributed by atoms with Crippen molar-refractivity contribution in [3.63, 3.8) is 0 Å². The highest BCUT2D eigenvalue weighted by molar-refractivity contribution is 5.74.